The molecule has 1 aliphatic heterocycles. The van der Waals surface area contributed by atoms with E-state index in [-0.39, 0.29) is 11.3 Å². The van der Waals surface area contributed by atoms with Gasteiger partial charge in [0.25, 0.3) is 0 Å². The first kappa shape index (κ1) is 18.8. The van der Waals surface area contributed by atoms with Crippen LogP contribution in [0.2, 0.25) is 0 Å². The van der Waals surface area contributed by atoms with Crippen molar-refractivity contribution in [3.63, 3.8) is 0 Å². The fourth-order valence-electron chi connectivity index (χ4n) is 5.17. The molecule has 1 saturated heterocycles. The van der Waals surface area contributed by atoms with Crippen LogP contribution < -0.4 is 4.74 Å². The van der Waals surface area contributed by atoms with Crippen molar-refractivity contribution in [3.05, 3.63) is 29.3 Å². The molecule has 1 aromatic carbocycles. The van der Waals surface area contributed by atoms with Crippen molar-refractivity contribution in [3.8, 4) is 5.75 Å². The molecule has 0 atom stereocenters. The number of aliphatic carboxylic acids is 1. The van der Waals surface area contributed by atoms with Crippen LogP contribution in [0.25, 0.3) is 0 Å². The molecule has 5 nitrogen and oxygen atoms in total. The van der Waals surface area contributed by atoms with Crippen molar-refractivity contribution in [2.45, 2.75) is 43.9 Å². The van der Waals surface area contributed by atoms with Crippen molar-refractivity contribution in [1.29, 1.82) is 0 Å². The molecular formula is C22H32N2O3. The van der Waals surface area contributed by atoms with E-state index in [2.05, 4.69) is 35.0 Å². The summed E-state index contributed by atoms with van der Waals surface area (Å²) in [5.74, 6) is 0.205. The predicted molar refractivity (Wildman–Crippen MR) is 105 cm³/mol. The normalized spacial score (nSPS) is 29.0. The van der Waals surface area contributed by atoms with Gasteiger partial charge < -0.3 is 14.7 Å². The number of benzene rings is 1. The second kappa shape index (κ2) is 7.80. The number of nitrogens with zero attached hydrogens (tertiary/aromatic N) is 2. The average Bonchev–Trinajstić information content (AvgIpc) is 3.01. The lowest BCUT2D eigenvalue weighted by molar-refractivity contribution is -0.143. The van der Waals surface area contributed by atoms with Gasteiger partial charge in [-0.15, -0.1) is 0 Å². The number of rotatable bonds is 5. The second-order valence-electron chi connectivity index (χ2n) is 8.71. The molecule has 5 heteroatoms. The number of likely N-dealkylation sites (N-methyl/N-ethyl adjacent to an activating group) is 1. The van der Waals surface area contributed by atoms with Gasteiger partial charge in [0.2, 0.25) is 0 Å². The molecule has 2 fully saturated rings. The number of piperazine rings is 1. The van der Waals surface area contributed by atoms with Crippen LogP contribution in [0, 0.1) is 5.92 Å². The van der Waals surface area contributed by atoms with Crippen LogP contribution in [0.15, 0.2) is 18.2 Å². The number of aryl methyl sites for hydroxylation is 1. The number of carboxylic acids is 1. The van der Waals surface area contributed by atoms with E-state index in [1.165, 1.54) is 17.5 Å². The quantitative estimate of drug-likeness (QED) is 0.861. The summed E-state index contributed by atoms with van der Waals surface area (Å²) in [6, 6.07) is 6.61. The van der Waals surface area contributed by atoms with Gasteiger partial charge in [-0.3, -0.25) is 9.69 Å². The third-order valence-corrected chi connectivity index (χ3v) is 7.09. The summed E-state index contributed by atoms with van der Waals surface area (Å²) in [7, 11) is 2.18. The zero-order valence-electron chi connectivity index (χ0n) is 16.5. The van der Waals surface area contributed by atoms with E-state index in [0.29, 0.717) is 0 Å². The molecule has 1 spiro atoms. The van der Waals surface area contributed by atoms with Crippen LogP contribution in [0.1, 0.15) is 43.2 Å². The lowest BCUT2D eigenvalue weighted by atomic mass is 9.67. The number of carboxylic acid groups (broad SMARTS) is 1. The van der Waals surface area contributed by atoms with Crippen molar-refractivity contribution < 1.29 is 14.6 Å². The average molecular weight is 373 g/mol. The number of ether oxygens (including phenoxy) is 1. The smallest absolute Gasteiger partial charge is 0.306 e. The summed E-state index contributed by atoms with van der Waals surface area (Å²) in [4.78, 5) is 16.1. The zero-order chi connectivity index (χ0) is 18.9. The maximum Gasteiger partial charge on any atom is 0.306 e. The van der Waals surface area contributed by atoms with Gasteiger partial charge in [-0.25, -0.2) is 0 Å². The minimum Gasteiger partial charge on any atom is -0.492 e. The number of hydrogen-bond acceptors (Lipinski definition) is 4. The van der Waals surface area contributed by atoms with Gasteiger partial charge in [0.05, 0.1) is 5.92 Å². The van der Waals surface area contributed by atoms with Gasteiger partial charge in [0, 0.05) is 32.7 Å². The molecule has 0 radical (unpaired) electrons. The van der Waals surface area contributed by atoms with E-state index in [1.807, 2.05) is 0 Å². The molecule has 2 aliphatic carbocycles. The van der Waals surface area contributed by atoms with Crippen LogP contribution in [0.4, 0.5) is 0 Å². The summed E-state index contributed by atoms with van der Waals surface area (Å²) in [6.45, 7) is 6.24. The van der Waals surface area contributed by atoms with Crippen molar-refractivity contribution in [1.82, 2.24) is 9.80 Å². The lowest BCUT2D eigenvalue weighted by Gasteiger charge is -2.37. The summed E-state index contributed by atoms with van der Waals surface area (Å²) < 4.78 is 6.10. The molecule has 0 unspecified atom stereocenters. The first-order valence-corrected chi connectivity index (χ1v) is 10.5. The standard InChI is InChI=1S/C22H32N2O3/c1-23-10-12-24(13-11-23)14-15-27-19-3-2-17-4-7-22(20(17)16-19)8-5-18(6-9-22)21(25)26/h2-3,16,18H,4-15H2,1H3,(H,25,26). The van der Waals surface area contributed by atoms with Crippen LogP contribution in [-0.4, -0.2) is 67.3 Å². The number of hydrogen-bond donors (Lipinski definition) is 1. The van der Waals surface area contributed by atoms with Crippen molar-refractivity contribution in [2.24, 2.45) is 5.92 Å². The maximum absolute atomic E-state index is 11.3. The Morgan fingerprint density at radius 2 is 1.93 bits per heavy atom. The molecule has 1 saturated carbocycles. The summed E-state index contributed by atoms with van der Waals surface area (Å²) in [5.41, 5.74) is 3.07. The Bertz CT molecular complexity index is 674. The van der Waals surface area contributed by atoms with E-state index in [1.54, 1.807) is 0 Å². The topological polar surface area (TPSA) is 53.0 Å². The highest BCUT2D eigenvalue weighted by atomic mass is 16.5. The summed E-state index contributed by atoms with van der Waals surface area (Å²) in [6.07, 6.45) is 5.91. The van der Waals surface area contributed by atoms with Gasteiger partial charge in [0.1, 0.15) is 12.4 Å². The molecule has 1 aromatic rings. The molecular weight excluding hydrogens is 340 g/mol. The van der Waals surface area contributed by atoms with Gasteiger partial charge >= 0.3 is 5.97 Å². The molecule has 0 amide bonds. The minimum absolute atomic E-state index is 0.150. The van der Waals surface area contributed by atoms with E-state index < -0.39 is 5.97 Å². The Morgan fingerprint density at radius 3 is 2.63 bits per heavy atom. The van der Waals surface area contributed by atoms with E-state index in [4.69, 9.17) is 4.74 Å². The molecule has 3 aliphatic rings. The number of fused-ring (bicyclic) bond motifs is 2. The van der Waals surface area contributed by atoms with Gasteiger partial charge in [-0.05, 0) is 74.2 Å². The molecule has 148 valence electrons. The molecule has 1 N–H and O–H groups in total. The van der Waals surface area contributed by atoms with Crippen LogP contribution >= 0.6 is 0 Å². The Kier molecular flexibility index (Phi) is 5.42. The highest BCUT2D eigenvalue weighted by Gasteiger charge is 2.43. The monoisotopic (exact) mass is 372 g/mol. The first-order valence-electron chi connectivity index (χ1n) is 10.5. The Morgan fingerprint density at radius 1 is 1.19 bits per heavy atom. The van der Waals surface area contributed by atoms with E-state index >= 15 is 0 Å². The Hall–Kier alpha value is -1.59. The minimum atomic E-state index is -0.621. The predicted octanol–water partition coefficient (Wildman–Crippen LogP) is 2.77. The van der Waals surface area contributed by atoms with Gasteiger partial charge in [-0.1, -0.05) is 6.07 Å². The third kappa shape index (κ3) is 3.99. The number of carbonyl (C=O) groups is 1. The Balaban J connectivity index is 1.36. The van der Waals surface area contributed by atoms with Crippen LogP contribution in [-0.2, 0) is 16.6 Å². The highest BCUT2D eigenvalue weighted by molar-refractivity contribution is 5.70. The maximum atomic E-state index is 11.3. The highest BCUT2D eigenvalue weighted by Crippen LogP contribution is 2.50. The SMILES string of the molecule is CN1CCN(CCOc2ccc3c(c2)C2(CC3)CCC(C(=O)O)CC2)CC1. The van der Waals surface area contributed by atoms with Crippen molar-refractivity contribution in [2.75, 3.05) is 46.4 Å². The Labute approximate surface area is 162 Å². The van der Waals surface area contributed by atoms with Gasteiger partial charge in [-0.2, -0.15) is 0 Å². The summed E-state index contributed by atoms with van der Waals surface area (Å²) >= 11 is 0. The fraction of sp³-hybridized carbons (Fsp3) is 0.682. The van der Waals surface area contributed by atoms with E-state index in [0.717, 1.165) is 77.2 Å². The van der Waals surface area contributed by atoms with E-state index in [9.17, 15) is 9.90 Å². The third-order valence-electron chi connectivity index (χ3n) is 7.09. The molecule has 0 bridgehead atoms. The lowest BCUT2D eigenvalue weighted by Crippen LogP contribution is -2.45. The zero-order valence-corrected chi connectivity index (χ0v) is 16.5. The second-order valence-corrected chi connectivity index (χ2v) is 8.71. The first-order chi connectivity index (χ1) is 13.1. The molecule has 1 heterocycles. The molecule has 27 heavy (non-hydrogen) atoms. The largest absolute Gasteiger partial charge is 0.492 e. The van der Waals surface area contributed by atoms with Crippen LogP contribution in [0.3, 0.4) is 0 Å². The molecule has 4 rings (SSSR count). The van der Waals surface area contributed by atoms with Crippen LogP contribution in [0.5, 0.6) is 5.75 Å². The van der Waals surface area contributed by atoms with Gasteiger partial charge in [0.15, 0.2) is 0 Å². The fourth-order valence-corrected chi connectivity index (χ4v) is 5.17. The summed E-state index contributed by atoms with van der Waals surface area (Å²) in [5, 5.41) is 9.30. The molecule has 0 aromatic heterocycles. The van der Waals surface area contributed by atoms with Crippen molar-refractivity contribution >= 4 is 5.97 Å².